The van der Waals surface area contributed by atoms with Crippen LogP contribution in [0.2, 0.25) is 0 Å². The van der Waals surface area contributed by atoms with E-state index in [-0.39, 0.29) is 18.4 Å². The van der Waals surface area contributed by atoms with E-state index in [1.807, 2.05) is 0 Å². The number of rotatable bonds is 4. The molecule has 7 heteroatoms. The second-order valence-corrected chi connectivity index (χ2v) is 3.97. The molecule has 0 bridgehead atoms. The summed E-state index contributed by atoms with van der Waals surface area (Å²) in [5.41, 5.74) is 10.7. The molecule has 0 fully saturated rings. The molecule has 0 amide bonds. The van der Waals surface area contributed by atoms with Crippen molar-refractivity contribution >= 4 is 23.9 Å². The molecule has 2 aromatic rings. The van der Waals surface area contributed by atoms with E-state index in [1.54, 1.807) is 28.9 Å². The highest BCUT2D eigenvalue weighted by molar-refractivity contribution is 5.85. The molecule has 2 aromatic heterocycles. The van der Waals surface area contributed by atoms with Gasteiger partial charge in [-0.05, 0) is 25.0 Å². The van der Waals surface area contributed by atoms with E-state index < -0.39 is 12.5 Å². The van der Waals surface area contributed by atoms with E-state index in [9.17, 15) is 4.79 Å². The van der Waals surface area contributed by atoms with Gasteiger partial charge in [0.1, 0.15) is 5.52 Å². The number of guanidine groups is 1. The van der Waals surface area contributed by atoms with Crippen LogP contribution in [0.3, 0.4) is 0 Å². The fourth-order valence-corrected chi connectivity index (χ4v) is 1.80. The Kier molecular flexibility index (Phi) is 3.61. The number of fused-ring (bicyclic) bond motifs is 1. The standard InChI is InChI=1S/C12H17N5O.ClH/c1-16-9(4-2-6-15-12(13)14)8-17-7-3-5-10(17)11(16)18;/h3,5,7-8H,2,4,6H2,1H3,(H4,13,14,15);1H/i1D3;. The maximum absolute atomic E-state index is 12.3. The Bertz CT molecular complexity index is 730. The molecule has 0 spiro atoms. The van der Waals surface area contributed by atoms with Gasteiger partial charge in [-0.25, -0.2) is 0 Å². The molecule has 0 unspecified atom stereocenters. The zero-order chi connectivity index (χ0) is 15.6. The van der Waals surface area contributed by atoms with Crippen LogP contribution < -0.4 is 17.0 Å². The third kappa shape index (κ3) is 3.29. The van der Waals surface area contributed by atoms with Crippen LogP contribution in [0.4, 0.5) is 0 Å². The van der Waals surface area contributed by atoms with Crippen molar-refractivity contribution in [2.45, 2.75) is 12.8 Å². The summed E-state index contributed by atoms with van der Waals surface area (Å²) in [7, 11) is 0. The molecule has 0 saturated heterocycles. The molecular formula is C12H18ClN5O. The molecule has 19 heavy (non-hydrogen) atoms. The fraction of sp³-hybridized carbons (Fsp3) is 0.333. The van der Waals surface area contributed by atoms with Crippen molar-refractivity contribution in [3.8, 4) is 0 Å². The number of aryl methyl sites for hydroxylation is 1. The molecule has 6 nitrogen and oxygen atoms in total. The number of nitrogens with zero attached hydrogens (tertiary/aromatic N) is 3. The number of hydrogen-bond acceptors (Lipinski definition) is 2. The molecular weight excluding hydrogens is 266 g/mol. The Morgan fingerprint density at radius 1 is 1.53 bits per heavy atom. The first-order chi connectivity index (χ1) is 9.80. The smallest absolute Gasteiger partial charge is 0.274 e. The minimum absolute atomic E-state index is 0. The second kappa shape index (κ2) is 6.29. The topological polar surface area (TPSA) is 90.8 Å². The van der Waals surface area contributed by atoms with Gasteiger partial charge in [0, 0.05) is 35.7 Å². The molecule has 4 N–H and O–H groups in total. The van der Waals surface area contributed by atoms with Crippen LogP contribution in [-0.2, 0) is 13.4 Å². The Labute approximate surface area is 121 Å². The second-order valence-electron chi connectivity index (χ2n) is 3.97. The highest BCUT2D eigenvalue weighted by Crippen LogP contribution is 2.04. The minimum Gasteiger partial charge on any atom is -0.370 e. The maximum Gasteiger partial charge on any atom is 0.274 e. The summed E-state index contributed by atoms with van der Waals surface area (Å²) >= 11 is 0. The van der Waals surface area contributed by atoms with Crippen molar-refractivity contribution in [2.24, 2.45) is 23.4 Å². The molecule has 0 radical (unpaired) electrons. The molecule has 0 aliphatic heterocycles. The average molecular weight is 287 g/mol. The van der Waals surface area contributed by atoms with Crippen molar-refractivity contribution in [3.63, 3.8) is 0 Å². The first-order valence-electron chi connectivity index (χ1n) is 7.08. The summed E-state index contributed by atoms with van der Waals surface area (Å²) in [6.45, 7) is -2.14. The number of nitrogens with two attached hydrogens (primary N) is 2. The van der Waals surface area contributed by atoms with Gasteiger partial charge in [0.05, 0.1) is 0 Å². The first kappa shape index (κ1) is 10.9. The van der Waals surface area contributed by atoms with E-state index >= 15 is 0 Å². The lowest BCUT2D eigenvalue weighted by molar-refractivity contribution is 0.715. The lowest BCUT2D eigenvalue weighted by atomic mass is 10.2. The Morgan fingerprint density at radius 2 is 2.32 bits per heavy atom. The molecule has 0 aromatic carbocycles. The van der Waals surface area contributed by atoms with E-state index in [0.29, 0.717) is 30.6 Å². The molecule has 2 heterocycles. The van der Waals surface area contributed by atoms with Crippen molar-refractivity contribution in [1.82, 2.24) is 8.97 Å². The normalized spacial score (nSPS) is 13.2. The third-order valence-corrected chi connectivity index (χ3v) is 2.66. The van der Waals surface area contributed by atoms with E-state index in [0.717, 1.165) is 4.57 Å². The quantitative estimate of drug-likeness (QED) is 0.480. The van der Waals surface area contributed by atoms with Gasteiger partial charge in [0.25, 0.3) is 5.56 Å². The Balaban J connectivity index is 0.00000242. The summed E-state index contributed by atoms with van der Waals surface area (Å²) in [6.07, 6.45) is 4.29. The van der Waals surface area contributed by atoms with Crippen LogP contribution in [0.1, 0.15) is 16.2 Å². The summed E-state index contributed by atoms with van der Waals surface area (Å²) < 4.78 is 25.1. The van der Waals surface area contributed by atoms with Crippen LogP contribution in [0.5, 0.6) is 0 Å². The molecule has 0 aliphatic carbocycles. The van der Waals surface area contributed by atoms with Gasteiger partial charge in [-0.2, -0.15) is 0 Å². The molecule has 0 atom stereocenters. The minimum atomic E-state index is -2.52. The van der Waals surface area contributed by atoms with Crippen molar-refractivity contribution in [2.75, 3.05) is 6.54 Å². The number of aliphatic imine (C=N–C) groups is 1. The van der Waals surface area contributed by atoms with Crippen LogP contribution in [0.25, 0.3) is 5.52 Å². The monoisotopic (exact) mass is 286 g/mol. The van der Waals surface area contributed by atoms with E-state index in [2.05, 4.69) is 4.99 Å². The van der Waals surface area contributed by atoms with Crippen molar-refractivity contribution in [3.05, 3.63) is 40.6 Å². The van der Waals surface area contributed by atoms with Gasteiger partial charge in [-0.1, -0.05) is 0 Å². The van der Waals surface area contributed by atoms with Crippen LogP contribution >= 0.6 is 12.4 Å². The van der Waals surface area contributed by atoms with Gasteiger partial charge >= 0.3 is 0 Å². The maximum atomic E-state index is 12.3. The Morgan fingerprint density at radius 3 is 3.00 bits per heavy atom. The Hall–Kier alpha value is -1.95. The van der Waals surface area contributed by atoms with Crippen LogP contribution in [0.15, 0.2) is 34.3 Å². The highest BCUT2D eigenvalue weighted by atomic mass is 35.5. The van der Waals surface area contributed by atoms with Crippen molar-refractivity contribution in [1.29, 1.82) is 0 Å². The highest BCUT2D eigenvalue weighted by Gasteiger charge is 2.05. The number of halogens is 1. The first-order valence-corrected chi connectivity index (χ1v) is 5.58. The largest absolute Gasteiger partial charge is 0.370 e. The molecule has 2 rings (SSSR count). The van der Waals surface area contributed by atoms with E-state index in [1.165, 1.54) is 0 Å². The van der Waals surface area contributed by atoms with E-state index in [4.69, 9.17) is 15.6 Å². The van der Waals surface area contributed by atoms with Gasteiger partial charge in [0.2, 0.25) is 0 Å². The lowest BCUT2D eigenvalue weighted by Crippen LogP contribution is -2.23. The third-order valence-electron chi connectivity index (χ3n) is 2.66. The van der Waals surface area contributed by atoms with Gasteiger partial charge < -0.3 is 20.4 Å². The zero-order valence-corrected chi connectivity index (χ0v) is 11.1. The fourth-order valence-electron chi connectivity index (χ4n) is 1.80. The summed E-state index contributed by atoms with van der Waals surface area (Å²) in [4.78, 5) is 16.2. The lowest BCUT2D eigenvalue weighted by Gasteiger charge is -2.08. The zero-order valence-electron chi connectivity index (χ0n) is 13.2. The van der Waals surface area contributed by atoms with Gasteiger partial charge in [0.15, 0.2) is 5.96 Å². The predicted octanol–water partition coefficient (Wildman–Crippen LogP) is 0.266. The molecule has 0 saturated carbocycles. The summed E-state index contributed by atoms with van der Waals surface area (Å²) in [5.74, 6) is -0.0101. The predicted molar refractivity (Wildman–Crippen MR) is 78.9 cm³/mol. The average Bonchev–Trinajstić information content (AvgIpc) is 2.81. The number of aromatic nitrogens is 2. The van der Waals surface area contributed by atoms with Crippen LogP contribution in [0, 0.1) is 0 Å². The van der Waals surface area contributed by atoms with Gasteiger partial charge in [-0.15, -0.1) is 12.4 Å². The van der Waals surface area contributed by atoms with Crippen molar-refractivity contribution < 1.29 is 4.11 Å². The SMILES string of the molecule is Cl.[2H]C([2H])([2H])n1c(CCCN=C(N)N)cn2cccc2c1=O. The molecule has 0 aliphatic rings. The summed E-state index contributed by atoms with van der Waals surface area (Å²) in [6, 6.07) is 3.29. The van der Waals surface area contributed by atoms with Gasteiger partial charge in [-0.3, -0.25) is 9.79 Å². The number of hydrogen-bond donors (Lipinski definition) is 2. The summed E-state index contributed by atoms with van der Waals surface area (Å²) in [5, 5.41) is 0. The molecule has 104 valence electrons. The van der Waals surface area contributed by atoms with Crippen LogP contribution in [-0.4, -0.2) is 21.5 Å².